The number of aliphatic hydroxyl groups excluding tert-OH is 2. The summed E-state index contributed by atoms with van der Waals surface area (Å²) >= 11 is 6.30. The number of fused-ring (bicyclic) bond motifs is 1. The molecular weight excluding hydrogens is 392 g/mol. The lowest BCUT2D eigenvalue weighted by Gasteiger charge is -2.26. The Kier molecular flexibility index (Phi) is 5.80. The van der Waals surface area contributed by atoms with Gasteiger partial charge >= 0.3 is 0 Å². The first kappa shape index (κ1) is 19.8. The van der Waals surface area contributed by atoms with Crippen LogP contribution >= 0.6 is 11.6 Å². The summed E-state index contributed by atoms with van der Waals surface area (Å²) in [6.45, 7) is -0.0615. The van der Waals surface area contributed by atoms with Gasteiger partial charge in [0.05, 0.1) is 19.3 Å². The van der Waals surface area contributed by atoms with E-state index in [0.29, 0.717) is 33.1 Å². The van der Waals surface area contributed by atoms with Crippen LogP contribution < -0.4 is 10.9 Å². The second-order valence-electron chi connectivity index (χ2n) is 7.34. The summed E-state index contributed by atoms with van der Waals surface area (Å²) in [6, 6.07) is 9.10. The molecule has 1 saturated carbocycles. The number of aromatic nitrogens is 3. The Hall–Kier alpha value is -2.48. The molecule has 3 aromatic rings. The molecule has 1 aromatic carbocycles. The van der Waals surface area contributed by atoms with Crippen molar-refractivity contribution in [3.8, 4) is 11.1 Å². The van der Waals surface area contributed by atoms with Crippen molar-refractivity contribution in [1.82, 2.24) is 14.5 Å². The van der Waals surface area contributed by atoms with Crippen LogP contribution in [0.2, 0.25) is 5.02 Å². The maximum Gasteiger partial charge on any atom is 0.260 e. The summed E-state index contributed by atoms with van der Waals surface area (Å²) in [5.74, 6) is 0.440. The maximum absolute atomic E-state index is 13.1. The standard InChI is InChI=1S/C21H23ClN4O3/c22-18-4-2-1-3-16(18)17-11-13-12-23-21(24-14-5-7-15(28)8-6-14)25-19(13)26(9-10-27)20(17)29/h1-4,11-12,14-15,27-28H,5-10H2,(H,23,24,25). The molecule has 8 heteroatoms. The third-order valence-electron chi connectivity index (χ3n) is 5.34. The van der Waals surface area contributed by atoms with E-state index in [4.69, 9.17) is 11.6 Å². The highest BCUT2D eigenvalue weighted by Crippen LogP contribution is 2.27. The van der Waals surface area contributed by atoms with E-state index in [-0.39, 0.29) is 30.9 Å². The topological polar surface area (TPSA) is 100 Å². The van der Waals surface area contributed by atoms with Crippen LogP contribution in [0.5, 0.6) is 0 Å². The van der Waals surface area contributed by atoms with E-state index in [9.17, 15) is 15.0 Å². The van der Waals surface area contributed by atoms with Crippen LogP contribution in [-0.4, -0.2) is 43.5 Å². The molecule has 3 N–H and O–H groups in total. The molecule has 4 rings (SSSR count). The van der Waals surface area contributed by atoms with Gasteiger partial charge in [0.1, 0.15) is 5.65 Å². The minimum Gasteiger partial charge on any atom is -0.395 e. The number of anilines is 1. The van der Waals surface area contributed by atoms with Gasteiger partial charge in [-0.1, -0.05) is 29.8 Å². The highest BCUT2D eigenvalue weighted by Gasteiger charge is 2.20. The van der Waals surface area contributed by atoms with Crippen molar-refractivity contribution in [2.45, 2.75) is 44.4 Å². The van der Waals surface area contributed by atoms with Crippen LogP contribution in [0, 0.1) is 0 Å². The number of nitrogens with zero attached hydrogens (tertiary/aromatic N) is 3. The summed E-state index contributed by atoms with van der Waals surface area (Å²) in [7, 11) is 0. The van der Waals surface area contributed by atoms with E-state index in [2.05, 4.69) is 15.3 Å². The second kappa shape index (κ2) is 8.49. The number of hydrogen-bond donors (Lipinski definition) is 3. The number of hydrogen-bond acceptors (Lipinski definition) is 6. The Morgan fingerprint density at radius 1 is 1.17 bits per heavy atom. The van der Waals surface area contributed by atoms with Crippen molar-refractivity contribution in [2.24, 2.45) is 0 Å². The Bertz CT molecular complexity index is 1080. The summed E-state index contributed by atoms with van der Waals surface area (Å²) < 4.78 is 1.46. The molecule has 2 heterocycles. The first-order chi connectivity index (χ1) is 14.1. The lowest BCUT2D eigenvalue weighted by Crippen LogP contribution is -2.29. The average Bonchev–Trinajstić information content (AvgIpc) is 2.72. The fourth-order valence-corrected chi connectivity index (χ4v) is 4.05. The number of benzene rings is 1. The number of pyridine rings is 1. The van der Waals surface area contributed by atoms with Crippen LogP contribution in [0.4, 0.5) is 5.95 Å². The molecular formula is C21H23ClN4O3. The van der Waals surface area contributed by atoms with Crippen LogP contribution in [0.25, 0.3) is 22.2 Å². The van der Waals surface area contributed by atoms with Gasteiger partial charge < -0.3 is 15.5 Å². The molecule has 2 aromatic heterocycles. The van der Waals surface area contributed by atoms with Crippen molar-refractivity contribution >= 4 is 28.6 Å². The molecule has 0 radical (unpaired) electrons. The number of nitrogens with one attached hydrogen (secondary N) is 1. The predicted octanol–water partition coefficient (Wildman–Crippen LogP) is 2.82. The van der Waals surface area contributed by atoms with Gasteiger partial charge in [-0.15, -0.1) is 0 Å². The second-order valence-corrected chi connectivity index (χ2v) is 7.75. The minimum atomic E-state index is -0.259. The molecule has 1 fully saturated rings. The van der Waals surface area contributed by atoms with Gasteiger partial charge in [0.2, 0.25) is 5.95 Å². The van der Waals surface area contributed by atoms with Gasteiger partial charge in [-0.3, -0.25) is 9.36 Å². The fourth-order valence-electron chi connectivity index (χ4n) is 3.81. The molecule has 152 valence electrons. The largest absolute Gasteiger partial charge is 0.395 e. The zero-order valence-corrected chi connectivity index (χ0v) is 16.6. The van der Waals surface area contributed by atoms with E-state index < -0.39 is 0 Å². The normalized spacial score (nSPS) is 19.4. The Balaban J connectivity index is 1.76. The molecule has 0 unspecified atom stereocenters. The third-order valence-corrected chi connectivity index (χ3v) is 5.67. The molecule has 0 aliphatic heterocycles. The van der Waals surface area contributed by atoms with Gasteiger partial charge in [0.25, 0.3) is 5.56 Å². The molecule has 1 aliphatic carbocycles. The van der Waals surface area contributed by atoms with Crippen molar-refractivity contribution in [1.29, 1.82) is 0 Å². The fraction of sp³-hybridized carbons (Fsp3) is 0.381. The lowest BCUT2D eigenvalue weighted by atomic mass is 9.93. The van der Waals surface area contributed by atoms with E-state index >= 15 is 0 Å². The number of halogens is 1. The van der Waals surface area contributed by atoms with E-state index in [1.54, 1.807) is 24.4 Å². The zero-order chi connectivity index (χ0) is 20.4. The first-order valence-electron chi connectivity index (χ1n) is 9.78. The molecule has 0 saturated heterocycles. The van der Waals surface area contributed by atoms with Gasteiger partial charge in [-0.25, -0.2) is 4.98 Å². The highest BCUT2D eigenvalue weighted by molar-refractivity contribution is 6.33. The van der Waals surface area contributed by atoms with Crippen molar-refractivity contribution in [2.75, 3.05) is 11.9 Å². The van der Waals surface area contributed by atoms with Crippen LogP contribution in [0.15, 0.2) is 41.3 Å². The minimum absolute atomic E-state index is 0.125. The summed E-state index contributed by atoms with van der Waals surface area (Å²) in [5, 5.41) is 23.7. The lowest BCUT2D eigenvalue weighted by molar-refractivity contribution is 0.126. The third kappa shape index (κ3) is 4.12. The van der Waals surface area contributed by atoms with Crippen LogP contribution in [0.1, 0.15) is 25.7 Å². The Morgan fingerprint density at radius 3 is 2.66 bits per heavy atom. The monoisotopic (exact) mass is 414 g/mol. The van der Waals surface area contributed by atoms with Crippen LogP contribution in [0.3, 0.4) is 0 Å². The SMILES string of the molecule is O=c1c(-c2ccccc2Cl)cc2cnc(NC3CCC(O)CC3)nc2n1CCO. The van der Waals surface area contributed by atoms with Crippen LogP contribution in [-0.2, 0) is 6.54 Å². The van der Waals surface area contributed by atoms with E-state index in [1.807, 2.05) is 12.1 Å². The maximum atomic E-state index is 13.1. The molecule has 0 bridgehead atoms. The summed E-state index contributed by atoms with van der Waals surface area (Å²) in [5.41, 5.74) is 1.29. The zero-order valence-electron chi connectivity index (χ0n) is 15.9. The molecule has 0 spiro atoms. The van der Waals surface area contributed by atoms with E-state index in [0.717, 1.165) is 25.7 Å². The number of aliphatic hydroxyl groups is 2. The smallest absolute Gasteiger partial charge is 0.260 e. The summed E-state index contributed by atoms with van der Waals surface area (Å²) in [4.78, 5) is 22.1. The van der Waals surface area contributed by atoms with E-state index in [1.165, 1.54) is 4.57 Å². The Labute approximate surface area is 173 Å². The first-order valence-corrected chi connectivity index (χ1v) is 10.2. The van der Waals surface area contributed by atoms with Gasteiger partial charge in [0, 0.05) is 33.8 Å². The highest BCUT2D eigenvalue weighted by atomic mass is 35.5. The molecule has 1 aliphatic rings. The quantitative estimate of drug-likeness (QED) is 0.593. The molecule has 7 nitrogen and oxygen atoms in total. The molecule has 0 atom stereocenters. The molecule has 0 amide bonds. The summed E-state index contributed by atoms with van der Waals surface area (Å²) in [6.07, 6.45) is 4.64. The average molecular weight is 415 g/mol. The van der Waals surface area contributed by atoms with Gasteiger partial charge in [-0.05, 0) is 37.8 Å². The van der Waals surface area contributed by atoms with Crippen molar-refractivity contribution in [3.05, 3.63) is 51.9 Å². The van der Waals surface area contributed by atoms with Crippen molar-refractivity contribution in [3.63, 3.8) is 0 Å². The Morgan fingerprint density at radius 2 is 1.93 bits per heavy atom. The number of rotatable bonds is 5. The van der Waals surface area contributed by atoms with Gasteiger partial charge in [-0.2, -0.15) is 4.98 Å². The molecule has 29 heavy (non-hydrogen) atoms. The van der Waals surface area contributed by atoms with Crippen molar-refractivity contribution < 1.29 is 10.2 Å². The predicted molar refractivity (Wildman–Crippen MR) is 113 cm³/mol. The van der Waals surface area contributed by atoms with Gasteiger partial charge in [0.15, 0.2) is 0 Å².